The van der Waals surface area contributed by atoms with E-state index >= 15 is 0 Å². The van der Waals surface area contributed by atoms with E-state index in [1.165, 1.54) is 45.1 Å². The van der Waals surface area contributed by atoms with Gasteiger partial charge in [-0.1, -0.05) is 19.3 Å². The van der Waals surface area contributed by atoms with Gasteiger partial charge in [0, 0.05) is 19.2 Å². The summed E-state index contributed by atoms with van der Waals surface area (Å²) in [6, 6.07) is 0.852. The lowest BCUT2D eigenvalue weighted by atomic mass is 9.94. The van der Waals surface area contributed by atoms with E-state index in [9.17, 15) is 0 Å². The Morgan fingerprint density at radius 1 is 1.08 bits per heavy atom. The van der Waals surface area contributed by atoms with Crippen LogP contribution in [0.5, 0.6) is 0 Å². The molecule has 2 rings (SSSR count). The Hall–Kier alpha value is -0.0800. The summed E-state index contributed by atoms with van der Waals surface area (Å²) in [6.45, 7) is 2.78. The molecule has 0 radical (unpaired) electrons. The van der Waals surface area contributed by atoms with E-state index in [-0.39, 0.29) is 0 Å². The van der Waals surface area contributed by atoms with Crippen LogP contribution in [0.25, 0.3) is 0 Å². The predicted molar refractivity (Wildman–Crippen MR) is 53.6 cm³/mol. The largest absolute Gasteiger partial charge is 0.396 e. The Morgan fingerprint density at radius 2 is 1.85 bits per heavy atom. The van der Waals surface area contributed by atoms with Crippen LogP contribution in [-0.4, -0.2) is 35.7 Å². The van der Waals surface area contributed by atoms with Crippen LogP contribution < -0.4 is 0 Å². The molecule has 1 saturated carbocycles. The van der Waals surface area contributed by atoms with E-state index in [1.54, 1.807) is 0 Å². The molecule has 0 aromatic carbocycles. The van der Waals surface area contributed by atoms with Crippen molar-refractivity contribution in [1.82, 2.24) is 4.90 Å². The van der Waals surface area contributed by atoms with Crippen molar-refractivity contribution in [2.45, 2.75) is 44.6 Å². The Labute approximate surface area is 80.9 Å². The maximum atomic E-state index is 9.06. The molecule has 0 aromatic heterocycles. The first kappa shape index (κ1) is 9.47. The molecule has 2 fully saturated rings. The number of nitrogens with zero attached hydrogens (tertiary/aromatic N) is 1. The molecule has 2 heteroatoms. The van der Waals surface area contributed by atoms with Gasteiger partial charge in [-0.2, -0.15) is 0 Å². The fourth-order valence-corrected chi connectivity index (χ4v) is 2.79. The van der Waals surface area contributed by atoms with Crippen molar-refractivity contribution in [3.05, 3.63) is 0 Å². The minimum atomic E-state index is 0.392. The van der Waals surface area contributed by atoms with Crippen molar-refractivity contribution in [1.29, 1.82) is 0 Å². The number of hydrogen-bond acceptors (Lipinski definition) is 2. The van der Waals surface area contributed by atoms with E-state index in [0.717, 1.165) is 12.6 Å². The average Bonchev–Trinajstić information content (AvgIpc) is 2.67. The second-order valence-corrected chi connectivity index (χ2v) is 4.62. The second kappa shape index (κ2) is 4.43. The highest BCUT2D eigenvalue weighted by atomic mass is 16.3. The fourth-order valence-electron chi connectivity index (χ4n) is 2.79. The molecule has 0 spiro atoms. The third-order valence-electron chi connectivity index (χ3n) is 3.67. The number of rotatable bonds is 2. The molecule has 1 N–H and O–H groups in total. The van der Waals surface area contributed by atoms with Crippen LogP contribution in [0.1, 0.15) is 38.5 Å². The van der Waals surface area contributed by atoms with Crippen LogP contribution in [0.2, 0.25) is 0 Å². The van der Waals surface area contributed by atoms with Crippen molar-refractivity contribution in [2.75, 3.05) is 19.7 Å². The molecular formula is C11H21NO. The van der Waals surface area contributed by atoms with Crippen LogP contribution >= 0.6 is 0 Å². The van der Waals surface area contributed by atoms with Crippen molar-refractivity contribution in [2.24, 2.45) is 5.92 Å². The number of aliphatic hydroxyl groups is 1. The summed E-state index contributed by atoms with van der Waals surface area (Å²) < 4.78 is 0. The van der Waals surface area contributed by atoms with Gasteiger partial charge in [0.2, 0.25) is 0 Å². The molecular weight excluding hydrogens is 162 g/mol. The minimum absolute atomic E-state index is 0.392. The normalized spacial score (nSPS) is 32.5. The molecule has 76 valence electrons. The monoisotopic (exact) mass is 183 g/mol. The van der Waals surface area contributed by atoms with Crippen LogP contribution in [0.3, 0.4) is 0 Å². The average molecular weight is 183 g/mol. The Bertz CT molecular complexity index is 154. The molecule has 13 heavy (non-hydrogen) atoms. The molecule has 0 bridgehead atoms. The maximum Gasteiger partial charge on any atom is 0.0471 e. The molecule has 1 atom stereocenters. The summed E-state index contributed by atoms with van der Waals surface area (Å²) in [6.07, 6.45) is 8.30. The SMILES string of the molecule is OC[C@H]1CCN(C2CCCCC2)C1. The van der Waals surface area contributed by atoms with E-state index in [0.29, 0.717) is 12.5 Å². The van der Waals surface area contributed by atoms with Gasteiger partial charge in [0.1, 0.15) is 0 Å². The summed E-state index contributed by atoms with van der Waals surface area (Å²) >= 11 is 0. The molecule has 0 amide bonds. The zero-order valence-electron chi connectivity index (χ0n) is 8.41. The van der Waals surface area contributed by atoms with E-state index in [4.69, 9.17) is 5.11 Å². The van der Waals surface area contributed by atoms with Crippen LogP contribution in [-0.2, 0) is 0 Å². The fraction of sp³-hybridized carbons (Fsp3) is 1.00. The maximum absolute atomic E-state index is 9.06. The number of hydrogen-bond donors (Lipinski definition) is 1. The van der Waals surface area contributed by atoms with Crippen LogP contribution in [0.15, 0.2) is 0 Å². The Kier molecular flexibility index (Phi) is 3.23. The first-order chi connectivity index (χ1) is 6.40. The highest BCUT2D eigenvalue weighted by Crippen LogP contribution is 2.27. The van der Waals surface area contributed by atoms with Gasteiger partial charge < -0.3 is 10.0 Å². The van der Waals surface area contributed by atoms with Crippen molar-refractivity contribution < 1.29 is 5.11 Å². The molecule has 1 aliphatic carbocycles. The van der Waals surface area contributed by atoms with Gasteiger partial charge in [-0.25, -0.2) is 0 Å². The zero-order valence-corrected chi connectivity index (χ0v) is 8.41. The van der Waals surface area contributed by atoms with E-state index < -0.39 is 0 Å². The van der Waals surface area contributed by atoms with E-state index in [2.05, 4.69) is 4.90 Å². The molecule has 1 aliphatic heterocycles. The van der Waals surface area contributed by atoms with Gasteiger partial charge in [-0.05, 0) is 31.7 Å². The molecule has 2 nitrogen and oxygen atoms in total. The quantitative estimate of drug-likeness (QED) is 0.703. The van der Waals surface area contributed by atoms with Crippen molar-refractivity contribution in [3.8, 4) is 0 Å². The summed E-state index contributed by atoms with van der Waals surface area (Å²) in [4.78, 5) is 2.61. The molecule has 0 unspecified atom stereocenters. The molecule has 1 heterocycles. The van der Waals surface area contributed by atoms with Crippen molar-refractivity contribution in [3.63, 3.8) is 0 Å². The number of likely N-dealkylation sites (tertiary alicyclic amines) is 1. The zero-order chi connectivity index (χ0) is 9.10. The highest BCUT2D eigenvalue weighted by molar-refractivity contribution is 4.82. The standard InChI is InChI=1S/C11H21NO/c13-9-10-6-7-12(8-10)11-4-2-1-3-5-11/h10-11,13H,1-9H2/t10-/m0/s1. The lowest BCUT2D eigenvalue weighted by Crippen LogP contribution is -2.35. The smallest absolute Gasteiger partial charge is 0.0471 e. The summed E-state index contributed by atoms with van der Waals surface area (Å²) in [5.74, 6) is 0.571. The first-order valence-corrected chi connectivity index (χ1v) is 5.75. The molecule has 1 saturated heterocycles. The number of aliphatic hydroxyl groups excluding tert-OH is 1. The summed E-state index contributed by atoms with van der Waals surface area (Å²) in [5.41, 5.74) is 0. The first-order valence-electron chi connectivity index (χ1n) is 5.75. The summed E-state index contributed by atoms with van der Waals surface area (Å²) in [5, 5.41) is 9.06. The third kappa shape index (κ3) is 2.23. The molecule has 0 aromatic rings. The van der Waals surface area contributed by atoms with Gasteiger partial charge in [0.05, 0.1) is 0 Å². The third-order valence-corrected chi connectivity index (χ3v) is 3.67. The van der Waals surface area contributed by atoms with Gasteiger partial charge in [0.15, 0.2) is 0 Å². The topological polar surface area (TPSA) is 23.5 Å². The minimum Gasteiger partial charge on any atom is -0.396 e. The summed E-state index contributed by atoms with van der Waals surface area (Å²) in [7, 11) is 0. The second-order valence-electron chi connectivity index (χ2n) is 4.62. The molecule has 2 aliphatic rings. The van der Waals surface area contributed by atoms with Gasteiger partial charge in [-0.15, -0.1) is 0 Å². The van der Waals surface area contributed by atoms with Gasteiger partial charge in [-0.3, -0.25) is 0 Å². The van der Waals surface area contributed by atoms with Crippen LogP contribution in [0.4, 0.5) is 0 Å². The predicted octanol–water partition coefficient (Wildman–Crippen LogP) is 1.63. The lowest BCUT2D eigenvalue weighted by molar-refractivity contribution is 0.169. The van der Waals surface area contributed by atoms with E-state index in [1.807, 2.05) is 0 Å². The van der Waals surface area contributed by atoms with Crippen molar-refractivity contribution >= 4 is 0 Å². The van der Waals surface area contributed by atoms with Crippen LogP contribution in [0, 0.1) is 5.92 Å². The lowest BCUT2D eigenvalue weighted by Gasteiger charge is -2.30. The Morgan fingerprint density at radius 3 is 2.46 bits per heavy atom. The van der Waals surface area contributed by atoms with Gasteiger partial charge >= 0.3 is 0 Å². The Balaban J connectivity index is 1.80. The highest BCUT2D eigenvalue weighted by Gasteiger charge is 2.28. The van der Waals surface area contributed by atoms with Gasteiger partial charge in [0.25, 0.3) is 0 Å².